The number of anilines is 2. The van der Waals surface area contributed by atoms with Crippen molar-refractivity contribution in [2.75, 3.05) is 30.7 Å². The van der Waals surface area contributed by atoms with E-state index in [2.05, 4.69) is 22.1 Å². The minimum Gasteiger partial charge on any atom is -0.397 e. The highest BCUT2D eigenvalue weighted by atomic mass is 15.2. The first-order valence-corrected chi connectivity index (χ1v) is 7.86. The Morgan fingerprint density at radius 1 is 1.24 bits per heavy atom. The van der Waals surface area contributed by atoms with Crippen LogP contribution in [0.15, 0.2) is 30.5 Å². The molecule has 0 amide bonds. The van der Waals surface area contributed by atoms with Gasteiger partial charge in [-0.15, -0.1) is 0 Å². The largest absolute Gasteiger partial charge is 0.397 e. The maximum atomic E-state index is 6.28. The number of nitrogen functional groups attached to an aromatic ring is 1. The molecule has 0 radical (unpaired) electrons. The fourth-order valence-corrected chi connectivity index (χ4v) is 3.14. The van der Waals surface area contributed by atoms with Crippen LogP contribution in [0.2, 0.25) is 0 Å². The van der Waals surface area contributed by atoms with Crippen molar-refractivity contribution >= 4 is 22.3 Å². The number of likely N-dealkylation sites (tertiary alicyclic amines) is 1. The van der Waals surface area contributed by atoms with E-state index in [-0.39, 0.29) is 0 Å². The molecule has 4 nitrogen and oxygen atoms in total. The van der Waals surface area contributed by atoms with Crippen LogP contribution in [0.4, 0.5) is 11.4 Å². The molecule has 1 atom stereocenters. The van der Waals surface area contributed by atoms with Crippen LogP contribution in [0.5, 0.6) is 0 Å². The molecule has 1 aliphatic rings. The molecule has 0 bridgehead atoms. The van der Waals surface area contributed by atoms with E-state index in [0.29, 0.717) is 6.04 Å². The number of piperidine rings is 1. The Morgan fingerprint density at radius 2 is 2.05 bits per heavy atom. The van der Waals surface area contributed by atoms with Crippen LogP contribution >= 0.6 is 0 Å². The molecule has 1 aliphatic heterocycles. The number of fused-ring (bicyclic) bond motifs is 1. The molecule has 0 saturated carbocycles. The summed E-state index contributed by atoms with van der Waals surface area (Å²) in [5.41, 5.74) is 9.04. The highest BCUT2D eigenvalue weighted by molar-refractivity contribution is 5.96. The summed E-state index contributed by atoms with van der Waals surface area (Å²) in [7, 11) is 0. The van der Waals surface area contributed by atoms with E-state index < -0.39 is 0 Å². The van der Waals surface area contributed by atoms with E-state index in [0.717, 1.165) is 28.8 Å². The van der Waals surface area contributed by atoms with Crippen LogP contribution in [0.3, 0.4) is 0 Å². The van der Waals surface area contributed by atoms with Crippen LogP contribution in [0.1, 0.15) is 26.2 Å². The quantitative estimate of drug-likeness (QED) is 0.847. The Morgan fingerprint density at radius 3 is 2.86 bits per heavy atom. The van der Waals surface area contributed by atoms with E-state index in [1.165, 1.54) is 32.4 Å². The predicted octanol–water partition coefficient (Wildman–Crippen LogP) is 3.10. The van der Waals surface area contributed by atoms with Gasteiger partial charge in [0.25, 0.3) is 0 Å². The molecule has 0 aliphatic carbocycles. The Kier molecular flexibility index (Phi) is 4.25. The van der Waals surface area contributed by atoms with Gasteiger partial charge in [0.15, 0.2) is 0 Å². The monoisotopic (exact) mass is 284 g/mol. The summed E-state index contributed by atoms with van der Waals surface area (Å²) in [6.07, 6.45) is 5.84. The Bertz CT molecular complexity index is 605. The third kappa shape index (κ3) is 3.27. The average molecular weight is 284 g/mol. The highest BCUT2D eigenvalue weighted by Gasteiger charge is 2.14. The molecule has 1 saturated heterocycles. The molecule has 21 heavy (non-hydrogen) atoms. The molecule has 4 heteroatoms. The van der Waals surface area contributed by atoms with Crippen LogP contribution < -0.4 is 11.1 Å². The zero-order valence-electron chi connectivity index (χ0n) is 12.7. The number of nitrogens with two attached hydrogens (primary N) is 1. The van der Waals surface area contributed by atoms with Crippen molar-refractivity contribution in [1.29, 1.82) is 0 Å². The number of rotatable bonds is 4. The number of aromatic nitrogens is 1. The van der Waals surface area contributed by atoms with Crippen LogP contribution in [0.25, 0.3) is 10.9 Å². The third-order valence-electron chi connectivity index (χ3n) is 4.21. The van der Waals surface area contributed by atoms with Gasteiger partial charge in [0.2, 0.25) is 0 Å². The summed E-state index contributed by atoms with van der Waals surface area (Å²) in [5.74, 6) is 0. The molecule has 1 aromatic carbocycles. The van der Waals surface area contributed by atoms with Gasteiger partial charge in [-0.25, -0.2) is 0 Å². The van der Waals surface area contributed by atoms with Crippen molar-refractivity contribution in [1.82, 2.24) is 9.88 Å². The minimum atomic E-state index is 0.388. The SMILES string of the molecule is CC(CN1CCCCC1)Nc1ccc2ncccc2c1N. The summed E-state index contributed by atoms with van der Waals surface area (Å²) in [6.45, 7) is 5.75. The molecule has 2 aromatic rings. The Balaban J connectivity index is 1.70. The smallest absolute Gasteiger partial charge is 0.0724 e. The molecule has 1 fully saturated rings. The summed E-state index contributed by atoms with van der Waals surface area (Å²) in [5, 5.41) is 4.58. The molecular weight excluding hydrogens is 260 g/mol. The van der Waals surface area contributed by atoms with Gasteiger partial charge in [0.1, 0.15) is 0 Å². The van der Waals surface area contributed by atoms with Crippen LogP contribution in [-0.2, 0) is 0 Å². The number of hydrogen-bond donors (Lipinski definition) is 2. The van der Waals surface area contributed by atoms with Gasteiger partial charge in [-0.05, 0) is 57.1 Å². The lowest BCUT2D eigenvalue weighted by atomic mass is 10.1. The van der Waals surface area contributed by atoms with E-state index in [9.17, 15) is 0 Å². The fourth-order valence-electron chi connectivity index (χ4n) is 3.14. The number of benzene rings is 1. The maximum absolute atomic E-state index is 6.28. The van der Waals surface area contributed by atoms with Crippen molar-refractivity contribution in [3.05, 3.63) is 30.5 Å². The van der Waals surface area contributed by atoms with E-state index >= 15 is 0 Å². The second-order valence-corrected chi connectivity index (χ2v) is 6.00. The summed E-state index contributed by atoms with van der Waals surface area (Å²) < 4.78 is 0. The number of hydrogen-bond acceptors (Lipinski definition) is 4. The van der Waals surface area contributed by atoms with Gasteiger partial charge in [-0.1, -0.05) is 6.42 Å². The summed E-state index contributed by atoms with van der Waals surface area (Å²) >= 11 is 0. The lowest BCUT2D eigenvalue weighted by molar-refractivity contribution is 0.223. The lowest BCUT2D eigenvalue weighted by Crippen LogP contribution is -2.38. The second kappa shape index (κ2) is 6.31. The van der Waals surface area contributed by atoms with Crippen molar-refractivity contribution in [3.8, 4) is 0 Å². The van der Waals surface area contributed by atoms with Gasteiger partial charge in [-0.2, -0.15) is 0 Å². The topological polar surface area (TPSA) is 54.2 Å². The summed E-state index contributed by atoms with van der Waals surface area (Å²) in [4.78, 5) is 6.88. The second-order valence-electron chi connectivity index (χ2n) is 6.00. The van der Waals surface area contributed by atoms with Crippen LogP contribution in [-0.4, -0.2) is 35.6 Å². The number of nitrogens with zero attached hydrogens (tertiary/aromatic N) is 2. The molecule has 0 spiro atoms. The molecule has 1 unspecified atom stereocenters. The van der Waals surface area contributed by atoms with Gasteiger partial charge in [0, 0.05) is 24.2 Å². The molecular formula is C17H24N4. The van der Waals surface area contributed by atoms with Gasteiger partial charge in [-0.3, -0.25) is 4.98 Å². The zero-order chi connectivity index (χ0) is 14.7. The first-order chi connectivity index (χ1) is 10.2. The highest BCUT2D eigenvalue weighted by Crippen LogP contribution is 2.28. The lowest BCUT2D eigenvalue weighted by Gasteiger charge is -2.30. The van der Waals surface area contributed by atoms with E-state index in [1.54, 1.807) is 6.20 Å². The number of pyridine rings is 1. The van der Waals surface area contributed by atoms with E-state index in [4.69, 9.17) is 5.73 Å². The summed E-state index contributed by atoms with van der Waals surface area (Å²) in [6, 6.07) is 8.41. The van der Waals surface area contributed by atoms with Gasteiger partial charge >= 0.3 is 0 Å². The predicted molar refractivity (Wildman–Crippen MR) is 89.5 cm³/mol. The molecule has 2 heterocycles. The van der Waals surface area contributed by atoms with Gasteiger partial charge in [0.05, 0.1) is 16.9 Å². The Hall–Kier alpha value is -1.81. The normalized spacial score (nSPS) is 17.8. The van der Waals surface area contributed by atoms with Gasteiger partial charge < -0.3 is 16.0 Å². The fraction of sp³-hybridized carbons (Fsp3) is 0.471. The maximum Gasteiger partial charge on any atom is 0.0724 e. The molecule has 3 rings (SSSR count). The molecule has 1 aromatic heterocycles. The zero-order valence-corrected chi connectivity index (χ0v) is 12.7. The third-order valence-corrected chi connectivity index (χ3v) is 4.21. The first-order valence-electron chi connectivity index (χ1n) is 7.86. The van der Waals surface area contributed by atoms with Crippen molar-refractivity contribution in [2.45, 2.75) is 32.2 Å². The standard InChI is InChI=1S/C17H24N4/c1-13(12-21-10-3-2-4-11-21)20-16-8-7-15-14(17(16)18)6-5-9-19-15/h5-9,13,20H,2-4,10-12,18H2,1H3. The van der Waals surface area contributed by atoms with Crippen molar-refractivity contribution < 1.29 is 0 Å². The average Bonchev–Trinajstić information content (AvgIpc) is 2.51. The molecule has 3 N–H and O–H groups in total. The first kappa shape index (κ1) is 14.1. The van der Waals surface area contributed by atoms with Crippen molar-refractivity contribution in [3.63, 3.8) is 0 Å². The minimum absolute atomic E-state index is 0.388. The van der Waals surface area contributed by atoms with E-state index in [1.807, 2.05) is 24.3 Å². The Labute approximate surface area is 126 Å². The molecule has 112 valence electrons. The van der Waals surface area contributed by atoms with Crippen molar-refractivity contribution in [2.24, 2.45) is 0 Å². The van der Waals surface area contributed by atoms with Crippen LogP contribution in [0, 0.1) is 0 Å². The number of nitrogens with one attached hydrogen (secondary N) is 1.